The van der Waals surface area contributed by atoms with Crippen LogP contribution in [0.15, 0.2) is 12.7 Å². The van der Waals surface area contributed by atoms with E-state index < -0.39 is 0 Å². The SMILES string of the molecule is C=CCC1(CO)CCCN(C(=O)C2CCN(CC)CC2)C1. The summed E-state index contributed by atoms with van der Waals surface area (Å²) in [6.45, 7) is 10.8. The lowest BCUT2D eigenvalue weighted by molar-refractivity contribution is -0.141. The van der Waals surface area contributed by atoms with Gasteiger partial charge in [0.25, 0.3) is 0 Å². The van der Waals surface area contributed by atoms with Crippen LogP contribution in [0.5, 0.6) is 0 Å². The van der Waals surface area contributed by atoms with Crippen LogP contribution in [0.1, 0.15) is 39.0 Å². The van der Waals surface area contributed by atoms with Gasteiger partial charge in [-0.2, -0.15) is 0 Å². The summed E-state index contributed by atoms with van der Waals surface area (Å²) >= 11 is 0. The number of hydrogen-bond acceptors (Lipinski definition) is 3. The number of aliphatic hydroxyl groups is 1. The number of carbonyl (C=O) groups excluding carboxylic acids is 1. The smallest absolute Gasteiger partial charge is 0.225 e. The molecule has 120 valence electrons. The number of likely N-dealkylation sites (tertiary alicyclic amines) is 2. The summed E-state index contributed by atoms with van der Waals surface area (Å²) in [6, 6.07) is 0. The van der Waals surface area contributed by atoms with Crippen LogP contribution in [-0.2, 0) is 4.79 Å². The summed E-state index contributed by atoms with van der Waals surface area (Å²) in [4.78, 5) is 17.2. The van der Waals surface area contributed by atoms with Crippen molar-refractivity contribution in [2.45, 2.75) is 39.0 Å². The van der Waals surface area contributed by atoms with Crippen LogP contribution in [-0.4, -0.2) is 60.1 Å². The second-order valence-electron chi connectivity index (χ2n) is 6.72. The van der Waals surface area contributed by atoms with Crippen molar-refractivity contribution in [2.75, 3.05) is 39.3 Å². The molecule has 2 aliphatic heterocycles. The minimum atomic E-state index is -0.153. The van der Waals surface area contributed by atoms with Gasteiger partial charge in [-0.15, -0.1) is 6.58 Å². The summed E-state index contributed by atoms with van der Waals surface area (Å²) in [7, 11) is 0. The van der Waals surface area contributed by atoms with E-state index in [4.69, 9.17) is 0 Å². The molecule has 0 aromatic rings. The van der Waals surface area contributed by atoms with Gasteiger partial charge in [0, 0.05) is 24.4 Å². The molecule has 2 saturated heterocycles. The molecular weight excluding hydrogens is 264 g/mol. The summed E-state index contributed by atoms with van der Waals surface area (Å²) in [6.07, 6.45) is 6.63. The topological polar surface area (TPSA) is 43.8 Å². The largest absolute Gasteiger partial charge is 0.396 e. The van der Waals surface area contributed by atoms with Gasteiger partial charge in [0.1, 0.15) is 0 Å². The van der Waals surface area contributed by atoms with Gasteiger partial charge in [-0.1, -0.05) is 13.0 Å². The minimum absolute atomic E-state index is 0.150. The molecule has 2 fully saturated rings. The van der Waals surface area contributed by atoms with E-state index >= 15 is 0 Å². The molecule has 0 aliphatic carbocycles. The number of piperidine rings is 2. The van der Waals surface area contributed by atoms with Crippen molar-refractivity contribution in [2.24, 2.45) is 11.3 Å². The third-order valence-corrected chi connectivity index (χ3v) is 5.27. The number of allylic oxidation sites excluding steroid dienone is 1. The zero-order valence-electron chi connectivity index (χ0n) is 13.4. The van der Waals surface area contributed by atoms with Crippen LogP contribution in [0.25, 0.3) is 0 Å². The number of aliphatic hydroxyl groups excluding tert-OH is 1. The van der Waals surface area contributed by atoms with Gasteiger partial charge >= 0.3 is 0 Å². The summed E-state index contributed by atoms with van der Waals surface area (Å²) in [5, 5.41) is 9.76. The van der Waals surface area contributed by atoms with Crippen molar-refractivity contribution in [1.82, 2.24) is 9.80 Å². The first-order chi connectivity index (χ1) is 10.1. The van der Waals surface area contributed by atoms with Crippen molar-refractivity contribution < 1.29 is 9.90 Å². The second-order valence-corrected chi connectivity index (χ2v) is 6.72. The quantitative estimate of drug-likeness (QED) is 0.788. The molecule has 1 atom stereocenters. The molecule has 0 saturated carbocycles. The predicted octanol–water partition coefficient (Wildman–Crippen LogP) is 1.90. The number of amides is 1. The van der Waals surface area contributed by atoms with E-state index in [0.717, 1.165) is 58.3 Å². The molecule has 1 amide bonds. The molecule has 0 bridgehead atoms. The maximum absolute atomic E-state index is 12.8. The Hall–Kier alpha value is -0.870. The second kappa shape index (κ2) is 7.41. The van der Waals surface area contributed by atoms with Crippen molar-refractivity contribution in [1.29, 1.82) is 0 Å². The Morgan fingerprint density at radius 1 is 1.38 bits per heavy atom. The van der Waals surface area contributed by atoms with Gasteiger partial charge in [-0.05, 0) is 51.7 Å². The Labute approximate surface area is 128 Å². The lowest BCUT2D eigenvalue weighted by Crippen LogP contribution is -2.50. The molecule has 21 heavy (non-hydrogen) atoms. The molecule has 2 heterocycles. The fourth-order valence-corrected chi connectivity index (χ4v) is 3.82. The van der Waals surface area contributed by atoms with E-state index in [0.29, 0.717) is 12.5 Å². The number of hydrogen-bond donors (Lipinski definition) is 1. The Bertz CT molecular complexity index is 364. The normalized spacial score (nSPS) is 28.6. The molecule has 0 spiro atoms. The molecule has 4 nitrogen and oxygen atoms in total. The van der Waals surface area contributed by atoms with Gasteiger partial charge in [0.05, 0.1) is 6.61 Å². The van der Waals surface area contributed by atoms with E-state index in [1.165, 1.54) is 0 Å². The molecule has 0 radical (unpaired) electrons. The molecule has 1 unspecified atom stereocenters. The van der Waals surface area contributed by atoms with Crippen molar-refractivity contribution >= 4 is 5.91 Å². The van der Waals surface area contributed by atoms with Crippen LogP contribution in [0.4, 0.5) is 0 Å². The third-order valence-electron chi connectivity index (χ3n) is 5.27. The molecule has 2 rings (SSSR count). The highest BCUT2D eigenvalue weighted by Gasteiger charge is 2.38. The lowest BCUT2D eigenvalue weighted by atomic mass is 9.77. The van der Waals surface area contributed by atoms with Crippen LogP contribution in [0, 0.1) is 11.3 Å². The predicted molar refractivity (Wildman–Crippen MR) is 85.0 cm³/mol. The highest BCUT2D eigenvalue weighted by atomic mass is 16.3. The number of carbonyl (C=O) groups is 1. The van der Waals surface area contributed by atoms with Crippen LogP contribution in [0.3, 0.4) is 0 Å². The Balaban J connectivity index is 1.94. The maximum Gasteiger partial charge on any atom is 0.225 e. The summed E-state index contributed by atoms with van der Waals surface area (Å²) in [5.74, 6) is 0.498. The summed E-state index contributed by atoms with van der Waals surface area (Å²) < 4.78 is 0. The first-order valence-electron chi connectivity index (χ1n) is 8.37. The molecule has 1 N–H and O–H groups in total. The van der Waals surface area contributed by atoms with E-state index in [-0.39, 0.29) is 17.9 Å². The average molecular weight is 294 g/mol. The average Bonchev–Trinajstić information content (AvgIpc) is 2.55. The minimum Gasteiger partial charge on any atom is -0.396 e. The fraction of sp³-hybridized carbons (Fsp3) is 0.824. The highest BCUT2D eigenvalue weighted by molar-refractivity contribution is 5.79. The molecule has 4 heteroatoms. The Morgan fingerprint density at radius 3 is 2.67 bits per heavy atom. The maximum atomic E-state index is 12.8. The monoisotopic (exact) mass is 294 g/mol. The zero-order chi connectivity index (χ0) is 15.3. The molecule has 2 aliphatic rings. The molecule has 0 aromatic heterocycles. The third kappa shape index (κ3) is 3.86. The zero-order valence-corrected chi connectivity index (χ0v) is 13.4. The van der Waals surface area contributed by atoms with Gasteiger partial charge < -0.3 is 14.9 Å². The summed E-state index contributed by atoms with van der Waals surface area (Å²) in [5.41, 5.74) is -0.153. The lowest BCUT2D eigenvalue weighted by Gasteiger charge is -2.43. The van der Waals surface area contributed by atoms with E-state index in [2.05, 4.69) is 18.4 Å². The molecule has 0 aromatic carbocycles. The number of rotatable bonds is 5. The van der Waals surface area contributed by atoms with Crippen LogP contribution in [0.2, 0.25) is 0 Å². The van der Waals surface area contributed by atoms with Gasteiger partial charge in [-0.3, -0.25) is 4.79 Å². The first kappa shape index (κ1) is 16.5. The fourth-order valence-electron chi connectivity index (χ4n) is 3.82. The van der Waals surface area contributed by atoms with Crippen molar-refractivity contribution in [3.8, 4) is 0 Å². The van der Waals surface area contributed by atoms with E-state index in [1.807, 2.05) is 11.0 Å². The number of nitrogens with zero attached hydrogens (tertiary/aromatic N) is 2. The van der Waals surface area contributed by atoms with Gasteiger partial charge in [-0.25, -0.2) is 0 Å². The standard InChI is InChI=1S/C17H30N2O2/c1-3-8-17(14-20)9-5-10-19(13-17)16(21)15-6-11-18(4-2)12-7-15/h3,15,20H,1,4-14H2,2H3. The van der Waals surface area contributed by atoms with Gasteiger partial charge in [0.15, 0.2) is 0 Å². The van der Waals surface area contributed by atoms with Crippen LogP contribution >= 0.6 is 0 Å². The van der Waals surface area contributed by atoms with Gasteiger partial charge in [0.2, 0.25) is 5.91 Å². The van der Waals surface area contributed by atoms with Crippen molar-refractivity contribution in [3.63, 3.8) is 0 Å². The van der Waals surface area contributed by atoms with E-state index in [9.17, 15) is 9.90 Å². The van der Waals surface area contributed by atoms with E-state index in [1.54, 1.807) is 0 Å². The first-order valence-corrected chi connectivity index (χ1v) is 8.37. The van der Waals surface area contributed by atoms with Crippen LogP contribution < -0.4 is 0 Å². The highest BCUT2D eigenvalue weighted by Crippen LogP contribution is 2.34. The molecular formula is C17H30N2O2. The Morgan fingerprint density at radius 2 is 2.10 bits per heavy atom. The van der Waals surface area contributed by atoms with Crippen molar-refractivity contribution in [3.05, 3.63) is 12.7 Å². The Kier molecular flexibility index (Phi) is 5.82.